The second-order valence-electron chi connectivity index (χ2n) is 13.6. The smallest absolute Gasteiger partial charge is 0.227 e. The van der Waals surface area contributed by atoms with E-state index in [0.29, 0.717) is 5.89 Å². The van der Waals surface area contributed by atoms with E-state index in [1.54, 1.807) is 0 Å². The molecule has 2 heterocycles. The third-order valence-electron chi connectivity index (χ3n) is 10.4. The Morgan fingerprint density at radius 3 is 1.89 bits per heavy atom. The Morgan fingerprint density at radius 2 is 0.981 bits per heavy atom. The van der Waals surface area contributed by atoms with Gasteiger partial charge in [-0.25, -0.2) is 4.98 Å². The van der Waals surface area contributed by atoms with Crippen LogP contribution >= 0.6 is 11.3 Å². The molecule has 0 bridgehead atoms. The SMILES string of the molecule is c1ccc2c(c1)ccc1cc(-c3ccc4cc(N(c5ccc(-c6nc7ccccc7o6)cc5)c5ccc6c(c5)sc5ccccc56)ccc4c3)ccc12. The molecular weight excluding hydrogens is 665 g/mol. The highest BCUT2D eigenvalue weighted by molar-refractivity contribution is 7.25. The standard InChI is InChI=1S/C49H30N2OS/c1-2-8-41-31(7-1)13-16-37-28-35(20-25-42(37)41)33-14-15-36-29-39(23-19-34(36)27-33)51(40-24-26-44-43-9-3-6-12-47(43)53-48(44)30-40)38-21-17-32(18-22-38)49-50-45-10-4-5-11-46(45)52-49/h1-30H. The molecule has 0 atom stereocenters. The Morgan fingerprint density at radius 1 is 0.396 bits per heavy atom. The Kier molecular flexibility index (Phi) is 6.73. The number of thiophene rings is 1. The summed E-state index contributed by atoms with van der Waals surface area (Å²) in [5.74, 6) is 0.622. The number of para-hydroxylation sites is 2. The topological polar surface area (TPSA) is 29.3 Å². The van der Waals surface area contributed by atoms with Gasteiger partial charge in [-0.3, -0.25) is 0 Å². The first-order chi connectivity index (χ1) is 26.2. The summed E-state index contributed by atoms with van der Waals surface area (Å²) in [5, 5.41) is 10.1. The number of oxazole rings is 1. The number of nitrogens with zero attached hydrogens (tertiary/aromatic N) is 2. The molecule has 0 aliphatic carbocycles. The van der Waals surface area contributed by atoms with Crippen LogP contribution in [0.3, 0.4) is 0 Å². The summed E-state index contributed by atoms with van der Waals surface area (Å²) >= 11 is 1.84. The predicted molar refractivity (Wildman–Crippen MR) is 225 cm³/mol. The molecule has 0 aliphatic heterocycles. The van der Waals surface area contributed by atoms with Crippen molar-refractivity contribution in [3.8, 4) is 22.6 Å². The first-order valence-corrected chi connectivity index (χ1v) is 18.7. The zero-order chi connectivity index (χ0) is 34.9. The quantitative estimate of drug-likeness (QED) is 0.168. The molecule has 11 rings (SSSR count). The molecule has 11 aromatic rings. The Balaban J connectivity index is 1.00. The van der Waals surface area contributed by atoms with Crippen LogP contribution < -0.4 is 4.90 Å². The summed E-state index contributed by atoms with van der Waals surface area (Å²) in [6.07, 6.45) is 0. The van der Waals surface area contributed by atoms with E-state index in [1.807, 2.05) is 35.6 Å². The molecule has 9 aromatic carbocycles. The molecule has 0 unspecified atom stereocenters. The zero-order valence-electron chi connectivity index (χ0n) is 28.5. The second-order valence-corrected chi connectivity index (χ2v) is 14.7. The maximum atomic E-state index is 6.11. The van der Waals surface area contributed by atoms with Gasteiger partial charge >= 0.3 is 0 Å². The fourth-order valence-electron chi connectivity index (χ4n) is 7.79. The highest BCUT2D eigenvalue weighted by Gasteiger charge is 2.17. The van der Waals surface area contributed by atoms with Gasteiger partial charge in [0.15, 0.2) is 5.58 Å². The van der Waals surface area contributed by atoms with Crippen molar-refractivity contribution >= 4 is 92.0 Å². The summed E-state index contributed by atoms with van der Waals surface area (Å²) in [6, 6.07) is 65.4. The van der Waals surface area contributed by atoms with Gasteiger partial charge < -0.3 is 9.32 Å². The van der Waals surface area contributed by atoms with Crippen LogP contribution in [0.5, 0.6) is 0 Å². The third-order valence-corrected chi connectivity index (χ3v) is 11.6. The lowest BCUT2D eigenvalue weighted by molar-refractivity contribution is 0.620. The van der Waals surface area contributed by atoms with E-state index >= 15 is 0 Å². The van der Waals surface area contributed by atoms with E-state index in [4.69, 9.17) is 9.40 Å². The van der Waals surface area contributed by atoms with Crippen molar-refractivity contribution in [2.24, 2.45) is 0 Å². The van der Waals surface area contributed by atoms with Crippen LogP contribution in [-0.4, -0.2) is 4.98 Å². The van der Waals surface area contributed by atoms with E-state index in [9.17, 15) is 0 Å². The van der Waals surface area contributed by atoms with Crippen molar-refractivity contribution in [2.75, 3.05) is 4.90 Å². The van der Waals surface area contributed by atoms with Crippen LogP contribution in [0.4, 0.5) is 17.1 Å². The van der Waals surface area contributed by atoms with E-state index in [0.717, 1.165) is 33.7 Å². The Bertz CT molecular complexity index is 3160. The molecular formula is C49H30N2OS. The molecule has 53 heavy (non-hydrogen) atoms. The van der Waals surface area contributed by atoms with E-state index in [-0.39, 0.29) is 0 Å². The van der Waals surface area contributed by atoms with E-state index in [1.165, 1.54) is 63.6 Å². The van der Waals surface area contributed by atoms with Crippen molar-refractivity contribution in [1.82, 2.24) is 4.98 Å². The molecule has 0 radical (unpaired) electrons. The largest absolute Gasteiger partial charge is 0.436 e. The van der Waals surface area contributed by atoms with Gasteiger partial charge in [0, 0.05) is 42.8 Å². The number of benzene rings is 9. The first-order valence-electron chi connectivity index (χ1n) is 17.9. The number of anilines is 3. The fraction of sp³-hybridized carbons (Fsp3) is 0. The van der Waals surface area contributed by atoms with Gasteiger partial charge in [0.25, 0.3) is 0 Å². The molecule has 0 fully saturated rings. The van der Waals surface area contributed by atoms with E-state index in [2.05, 4.69) is 163 Å². The predicted octanol–water partition coefficient (Wildman–Crippen LogP) is 14.5. The van der Waals surface area contributed by atoms with Gasteiger partial charge in [0.05, 0.1) is 0 Å². The van der Waals surface area contributed by atoms with Crippen molar-refractivity contribution < 1.29 is 4.42 Å². The minimum absolute atomic E-state index is 0.622. The summed E-state index contributed by atoms with van der Waals surface area (Å²) in [5.41, 5.74) is 8.29. The zero-order valence-corrected chi connectivity index (χ0v) is 29.3. The van der Waals surface area contributed by atoms with Crippen molar-refractivity contribution in [3.05, 3.63) is 182 Å². The second kappa shape index (κ2) is 11.9. The minimum Gasteiger partial charge on any atom is -0.436 e. The molecule has 0 amide bonds. The van der Waals surface area contributed by atoms with Crippen LogP contribution in [0.25, 0.3) is 86.2 Å². The molecule has 248 valence electrons. The normalized spacial score (nSPS) is 11.8. The Hall–Kier alpha value is -6.75. The van der Waals surface area contributed by atoms with E-state index < -0.39 is 0 Å². The summed E-state index contributed by atoms with van der Waals surface area (Å²) in [6.45, 7) is 0. The number of hydrogen-bond acceptors (Lipinski definition) is 4. The lowest BCUT2D eigenvalue weighted by atomic mass is 9.96. The number of rotatable bonds is 5. The number of hydrogen-bond donors (Lipinski definition) is 0. The van der Waals surface area contributed by atoms with Crippen LogP contribution in [0, 0.1) is 0 Å². The monoisotopic (exact) mass is 694 g/mol. The molecule has 0 saturated heterocycles. The first kappa shape index (κ1) is 29.9. The molecule has 0 aliphatic rings. The van der Waals surface area contributed by atoms with Gasteiger partial charge in [-0.05, 0) is 122 Å². The van der Waals surface area contributed by atoms with Crippen LogP contribution in [0.15, 0.2) is 186 Å². The molecule has 2 aromatic heterocycles. The lowest BCUT2D eigenvalue weighted by Crippen LogP contribution is -2.09. The maximum Gasteiger partial charge on any atom is 0.227 e. The molecule has 0 spiro atoms. The van der Waals surface area contributed by atoms with Crippen molar-refractivity contribution in [2.45, 2.75) is 0 Å². The number of aromatic nitrogens is 1. The van der Waals surface area contributed by atoms with Gasteiger partial charge in [0.1, 0.15) is 5.52 Å². The average Bonchev–Trinajstić information content (AvgIpc) is 3.82. The average molecular weight is 695 g/mol. The molecule has 4 heteroatoms. The van der Waals surface area contributed by atoms with Crippen LogP contribution in [-0.2, 0) is 0 Å². The minimum atomic E-state index is 0.622. The molecule has 0 N–H and O–H groups in total. The fourth-order valence-corrected chi connectivity index (χ4v) is 8.93. The number of fused-ring (bicyclic) bond motifs is 8. The summed E-state index contributed by atoms with van der Waals surface area (Å²) in [4.78, 5) is 7.09. The lowest BCUT2D eigenvalue weighted by Gasteiger charge is -2.26. The maximum absolute atomic E-state index is 6.11. The Labute approximate surface area is 309 Å². The molecule has 3 nitrogen and oxygen atoms in total. The van der Waals surface area contributed by atoms with Gasteiger partial charge in [-0.1, -0.05) is 103 Å². The molecule has 0 saturated carbocycles. The highest BCUT2D eigenvalue weighted by atomic mass is 32.1. The van der Waals surface area contributed by atoms with Crippen molar-refractivity contribution in [1.29, 1.82) is 0 Å². The van der Waals surface area contributed by atoms with Gasteiger partial charge in [-0.2, -0.15) is 0 Å². The van der Waals surface area contributed by atoms with Crippen LogP contribution in [0.1, 0.15) is 0 Å². The third kappa shape index (κ3) is 5.07. The summed E-state index contributed by atoms with van der Waals surface area (Å²) < 4.78 is 8.68. The summed E-state index contributed by atoms with van der Waals surface area (Å²) in [7, 11) is 0. The highest BCUT2D eigenvalue weighted by Crippen LogP contribution is 2.42. The van der Waals surface area contributed by atoms with Crippen LogP contribution in [0.2, 0.25) is 0 Å². The van der Waals surface area contributed by atoms with Gasteiger partial charge in [-0.15, -0.1) is 11.3 Å². The van der Waals surface area contributed by atoms with Gasteiger partial charge in [0.2, 0.25) is 5.89 Å². The van der Waals surface area contributed by atoms with Crippen molar-refractivity contribution in [3.63, 3.8) is 0 Å².